The first-order valence-electron chi connectivity index (χ1n) is 5.22. The molecule has 2 rings (SSSR count). The Morgan fingerprint density at radius 1 is 1.36 bits per heavy atom. The van der Waals surface area contributed by atoms with Gasteiger partial charge in [-0.05, 0) is 25.5 Å². The summed E-state index contributed by atoms with van der Waals surface area (Å²) in [6, 6.07) is 10.9. The third kappa shape index (κ3) is 1.65. The highest BCUT2D eigenvalue weighted by Crippen LogP contribution is 2.24. The third-order valence-corrected chi connectivity index (χ3v) is 2.63. The van der Waals surface area contributed by atoms with E-state index in [1.807, 2.05) is 6.07 Å². The van der Waals surface area contributed by atoms with E-state index in [1.54, 1.807) is 0 Å². The standard InChI is InChI=1S/C12H16N2/c1-3-11-9-10(2)14(13-11)12-7-5-4-6-8-12/h4-8,10H,3,9H2,1-2H3. The number of hydrogen-bond acceptors (Lipinski definition) is 2. The molecule has 0 aliphatic carbocycles. The highest BCUT2D eigenvalue weighted by molar-refractivity contribution is 5.88. The maximum Gasteiger partial charge on any atom is 0.0597 e. The van der Waals surface area contributed by atoms with Crippen LogP contribution in [-0.2, 0) is 0 Å². The van der Waals surface area contributed by atoms with Gasteiger partial charge in [0.1, 0.15) is 0 Å². The third-order valence-electron chi connectivity index (χ3n) is 2.63. The first-order valence-corrected chi connectivity index (χ1v) is 5.22. The molecule has 0 fully saturated rings. The van der Waals surface area contributed by atoms with Crippen LogP contribution >= 0.6 is 0 Å². The van der Waals surface area contributed by atoms with Gasteiger partial charge < -0.3 is 0 Å². The van der Waals surface area contributed by atoms with Crippen LogP contribution in [0.25, 0.3) is 0 Å². The molecule has 1 aromatic carbocycles. The molecule has 1 aliphatic rings. The zero-order valence-corrected chi connectivity index (χ0v) is 8.77. The van der Waals surface area contributed by atoms with Gasteiger partial charge in [0.15, 0.2) is 0 Å². The highest BCUT2D eigenvalue weighted by Gasteiger charge is 2.22. The molecule has 1 heterocycles. The molecule has 0 aromatic heterocycles. The number of hydrogen-bond donors (Lipinski definition) is 0. The fraction of sp³-hybridized carbons (Fsp3) is 0.417. The first kappa shape index (κ1) is 9.25. The molecule has 74 valence electrons. The maximum atomic E-state index is 4.61. The number of rotatable bonds is 2. The lowest BCUT2D eigenvalue weighted by atomic mass is 10.1. The van der Waals surface area contributed by atoms with E-state index < -0.39 is 0 Å². The predicted octanol–water partition coefficient (Wildman–Crippen LogP) is 3.05. The second-order valence-electron chi connectivity index (χ2n) is 3.75. The largest absolute Gasteiger partial charge is 0.262 e. The highest BCUT2D eigenvalue weighted by atomic mass is 15.5. The van der Waals surface area contributed by atoms with Gasteiger partial charge in [0.25, 0.3) is 0 Å². The molecule has 1 aromatic rings. The summed E-state index contributed by atoms with van der Waals surface area (Å²) in [6.45, 7) is 4.39. The lowest BCUT2D eigenvalue weighted by molar-refractivity contribution is 0.723. The monoisotopic (exact) mass is 188 g/mol. The van der Waals surface area contributed by atoms with E-state index in [9.17, 15) is 0 Å². The van der Waals surface area contributed by atoms with Gasteiger partial charge in [0, 0.05) is 12.1 Å². The molecule has 0 N–H and O–H groups in total. The molecule has 14 heavy (non-hydrogen) atoms. The van der Waals surface area contributed by atoms with Crippen molar-refractivity contribution in [1.82, 2.24) is 0 Å². The summed E-state index contributed by atoms with van der Waals surface area (Å²) >= 11 is 0. The van der Waals surface area contributed by atoms with E-state index in [1.165, 1.54) is 11.4 Å². The van der Waals surface area contributed by atoms with E-state index in [4.69, 9.17) is 0 Å². The van der Waals surface area contributed by atoms with Gasteiger partial charge in [-0.2, -0.15) is 5.10 Å². The molecule has 0 saturated heterocycles. The van der Waals surface area contributed by atoms with E-state index in [0.29, 0.717) is 6.04 Å². The fourth-order valence-corrected chi connectivity index (χ4v) is 1.83. The smallest absolute Gasteiger partial charge is 0.0597 e. The average Bonchev–Trinajstić information content (AvgIpc) is 2.61. The van der Waals surface area contributed by atoms with Crippen LogP contribution in [-0.4, -0.2) is 11.8 Å². The summed E-state index contributed by atoms with van der Waals surface area (Å²) < 4.78 is 0. The number of hydrazone groups is 1. The van der Waals surface area contributed by atoms with Gasteiger partial charge in [-0.15, -0.1) is 0 Å². The SMILES string of the molecule is CCC1=NN(c2ccccc2)C(C)C1. The molecule has 1 atom stereocenters. The second kappa shape index (κ2) is 3.82. The Hall–Kier alpha value is -1.31. The van der Waals surface area contributed by atoms with Crippen LogP contribution in [0, 0.1) is 0 Å². The molecule has 2 nitrogen and oxygen atoms in total. The maximum absolute atomic E-state index is 4.61. The molecule has 1 unspecified atom stereocenters. The summed E-state index contributed by atoms with van der Waals surface area (Å²) in [7, 11) is 0. The first-order chi connectivity index (χ1) is 6.81. The molecular formula is C12H16N2. The van der Waals surface area contributed by atoms with Crippen molar-refractivity contribution in [1.29, 1.82) is 0 Å². The number of benzene rings is 1. The lowest BCUT2D eigenvalue weighted by Crippen LogP contribution is -2.22. The minimum Gasteiger partial charge on any atom is -0.262 e. The van der Waals surface area contributed by atoms with E-state index in [0.717, 1.165) is 12.8 Å². The van der Waals surface area contributed by atoms with Gasteiger partial charge in [0.2, 0.25) is 0 Å². The number of nitrogens with zero attached hydrogens (tertiary/aromatic N) is 2. The van der Waals surface area contributed by atoms with Gasteiger partial charge >= 0.3 is 0 Å². The minimum atomic E-state index is 0.507. The molecule has 0 radical (unpaired) electrons. The predicted molar refractivity (Wildman–Crippen MR) is 60.7 cm³/mol. The van der Waals surface area contributed by atoms with Crippen molar-refractivity contribution in [2.24, 2.45) is 5.10 Å². The van der Waals surface area contributed by atoms with Crippen molar-refractivity contribution in [2.75, 3.05) is 5.01 Å². The van der Waals surface area contributed by atoms with E-state index >= 15 is 0 Å². The van der Waals surface area contributed by atoms with Crippen molar-refractivity contribution >= 4 is 11.4 Å². The zero-order chi connectivity index (χ0) is 9.97. The molecule has 0 spiro atoms. The molecule has 0 bridgehead atoms. The minimum absolute atomic E-state index is 0.507. The fourth-order valence-electron chi connectivity index (χ4n) is 1.83. The Balaban J connectivity index is 2.23. The molecule has 0 amide bonds. The van der Waals surface area contributed by atoms with Crippen LogP contribution < -0.4 is 5.01 Å². The van der Waals surface area contributed by atoms with Crippen LogP contribution in [0.4, 0.5) is 5.69 Å². The van der Waals surface area contributed by atoms with Crippen LogP contribution in [0.15, 0.2) is 35.4 Å². The van der Waals surface area contributed by atoms with Crippen molar-refractivity contribution in [3.8, 4) is 0 Å². The topological polar surface area (TPSA) is 15.6 Å². The Kier molecular flexibility index (Phi) is 2.53. The Labute approximate surface area is 85.2 Å². The van der Waals surface area contributed by atoms with E-state index in [2.05, 4.69) is 48.2 Å². The van der Waals surface area contributed by atoms with Crippen molar-refractivity contribution in [2.45, 2.75) is 32.7 Å². The summed E-state index contributed by atoms with van der Waals surface area (Å²) in [6.07, 6.45) is 2.17. The van der Waals surface area contributed by atoms with Crippen molar-refractivity contribution in [3.05, 3.63) is 30.3 Å². The van der Waals surface area contributed by atoms with Crippen LogP contribution in [0.2, 0.25) is 0 Å². The van der Waals surface area contributed by atoms with Gasteiger partial charge in [0.05, 0.1) is 11.7 Å². The molecule has 0 saturated carbocycles. The zero-order valence-electron chi connectivity index (χ0n) is 8.77. The summed E-state index contributed by atoms with van der Waals surface area (Å²) in [5, 5.41) is 6.73. The summed E-state index contributed by atoms with van der Waals surface area (Å²) in [4.78, 5) is 0. The quantitative estimate of drug-likeness (QED) is 0.696. The Morgan fingerprint density at radius 2 is 2.07 bits per heavy atom. The van der Waals surface area contributed by atoms with E-state index in [-0.39, 0.29) is 0 Å². The lowest BCUT2D eigenvalue weighted by Gasteiger charge is -2.19. The normalized spacial score (nSPS) is 21.1. The second-order valence-corrected chi connectivity index (χ2v) is 3.75. The Morgan fingerprint density at radius 3 is 2.64 bits per heavy atom. The average molecular weight is 188 g/mol. The molecule has 1 aliphatic heterocycles. The van der Waals surface area contributed by atoms with Gasteiger partial charge in [-0.1, -0.05) is 25.1 Å². The number of para-hydroxylation sites is 1. The summed E-state index contributed by atoms with van der Waals surface area (Å²) in [5.41, 5.74) is 2.50. The molecule has 2 heteroatoms. The van der Waals surface area contributed by atoms with Gasteiger partial charge in [-0.25, -0.2) is 0 Å². The van der Waals surface area contributed by atoms with Crippen LogP contribution in [0.1, 0.15) is 26.7 Å². The van der Waals surface area contributed by atoms with Crippen LogP contribution in [0.3, 0.4) is 0 Å². The number of anilines is 1. The van der Waals surface area contributed by atoms with Gasteiger partial charge in [-0.3, -0.25) is 5.01 Å². The van der Waals surface area contributed by atoms with Crippen molar-refractivity contribution < 1.29 is 0 Å². The summed E-state index contributed by atoms with van der Waals surface area (Å²) in [5.74, 6) is 0. The molecular weight excluding hydrogens is 172 g/mol. The Bertz CT molecular complexity index is 329. The van der Waals surface area contributed by atoms with Crippen LogP contribution in [0.5, 0.6) is 0 Å². The van der Waals surface area contributed by atoms with Crippen molar-refractivity contribution in [3.63, 3.8) is 0 Å².